The highest BCUT2D eigenvalue weighted by atomic mass is 32.2. The predicted octanol–water partition coefficient (Wildman–Crippen LogP) is 3.19. The number of ether oxygens (including phenoxy) is 1. The van der Waals surface area contributed by atoms with Crippen LogP contribution in [0.2, 0.25) is 0 Å². The number of hydrogen-bond acceptors (Lipinski definition) is 5. The van der Waals surface area contributed by atoms with Gasteiger partial charge >= 0.3 is 0 Å². The first kappa shape index (κ1) is 19.3. The highest BCUT2D eigenvalue weighted by Gasteiger charge is 2.17. The maximum Gasteiger partial charge on any atom is 0.230 e. The van der Waals surface area contributed by atoms with E-state index in [1.165, 1.54) is 11.8 Å². The molecule has 0 aliphatic heterocycles. The van der Waals surface area contributed by atoms with Gasteiger partial charge in [0.05, 0.1) is 5.75 Å². The van der Waals surface area contributed by atoms with Crippen LogP contribution in [0, 0.1) is 6.92 Å². The van der Waals surface area contributed by atoms with E-state index in [4.69, 9.17) is 4.74 Å². The van der Waals surface area contributed by atoms with Gasteiger partial charge in [-0.2, -0.15) is 0 Å². The van der Waals surface area contributed by atoms with Gasteiger partial charge in [-0.1, -0.05) is 23.9 Å². The van der Waals surface area contributed by atoms with E-state index in [-0.39, 0.29) is 11.4 Å². The van der Waals surface area contributed by atoms with E-state index in [0.717, 1.165) is 28.8 Å². The van der Waals surface area contributed by atoms with Crippen molar-refractivity contribution in [2.24, 2.45) is 0 Å². The van der Waals surface area contributed by atoms with E-state index in [0.29, 0.717) is 12.4 Å². The summed E-state index contributed by atoms with van der Waals surface area (Å²) in [5, 5.41) is 12.1. The van der Waals surface area contributed by atoms with Gasteiger partial charge in [0.1, 0.15) is 12.4 Å². The Morgan fingerprint density at radius 3 is 2.72 bits per heavy atom. The molecular weight excluding hydrogens is 336 g/mol. The van der Waals surface area contributed by atoms with Crippen molar-refractivity contribution in [2.75, 3.05) is 5.75 Å². The zero-order valence-corrected chi connectivity index (χ0v) is 16.3. The van der Waals surface area contributed by atoms with Crippen molar-refractivity contribution in [3.63, 3.8) is 0 Å². The number of carbonyl (C=O) groups is 1. The smallest absolute Gasteiger partial charge is 0.230 e. The van der Waals surface area contributed by atoms with E-state index in [9.17, 15) is 4.79 Å². The molecule has 0 spiro atoms. The molecule has 0 radical (unpaired) electrons. The van der Waals surface area contributed by atoms with Crippen molar-refractivity contribution in [2.45, 2.75) is 58.5 Å². The lowest BCUT2D eigenvalue weighted by Gasteiger charge is -2.20. The van der Waals surface area contributed by atoms with E-state index < -0.39 is 0 Å². The van der Waals surface area contributed by atoms with Crippen molar-refractivity contribution in [3.8, 4) is 5.75 Å². The molecule has 0 bridgehead atoms. The second-order valence-electron chi connectivity index (χ2n) is 6.84. The van der Waals surface area contributed by atoms with Crippen molar-refractivity contribution >= 4 is 17.7 Å². The molecule has 1 amide bonds. The van der Waals surface area contributed by atoms with Crippen LogP contribution in [0.25, 0.3) is 0 Å². The van der Waals surface area contributed by atoms with Crippen LogP contribution in [0.1, 0.15) is 39.1 Å². The summed E-state index contributed by atoms with van der Waals surface area (Å²) < 4.78 is 7.79. The van der Waals surface area contributed by atoms with E-state index >= 15 is 0 Å². The van der Waals surface area contributed by atoms with Crippen LogP contribution in [0.5, 0.6) is 5.75 Å². The number of amides is 1. The van der Waals surface area contributed by atoms with Crippen molar-refractivity contribution in [1.29, 1.82) is 0 Å². The first-order valence-corrected chi connectivity index (χ1v) is 9.32. The molecule has 0 atom stereocenters. The highest BCUT2D eigenvalue weighted by molar-refractivity contribution is 7.99. The van der Waals surface area contributed by atoms with Crippen molar-refractivity contribution in [3.05, 3.63) is 35.7 Å². The van der Waals surface area contributed by atoms with Crippen LogP contribution in [-0.4, -0.2) is 32.0 Å². The number of aryl methyl sites for hydroxylation is 1. The molecule has 0 saturated carbocycles. The molecule has 0 fully saturated rings. The summed E-state index contributed by atoms with van der Waals surface area (Å²) in [7, 11) is 0. The summed E-state index contributed by atoms with van der Waals surface area (Å²) >= 11 is 1.39. The maximum absolute atomic E-state index is 12.0. The fourth-order valence-corrected chi connectivity index (χ4v) is 3.11. The Morgan fingerprint density at radius 1 is 1.32 bits per heavy atom. The number of benzene rings is 1. The molecule has 136 valence electrons. The Balaban J connectivity index is 1.97. The fourth-order valence-electron chi connectivity index (χ4n) is 2.29. The number of thioether (sulfide) groups is 1. The normalized spacial score (nSPS) is 11.4. The minimum atomic E-state index is -0.233. The number of aromatic nitrogens is 3. The van der Waals surface area contributed by atoms with Crippen LogP contribution in [-0.2, 0) is 17.9 Å². The number of nitrogens with one attached hydrogen (secondary N) is 1. The molecule has 1 N–H and O–H groups in total. The molecule has 2 aromatic rings. The lowest BCUT2D eigenvalue weighted by molar-refractivity contribution is -0.119. The number of nitrogens with zero attached hydrogens (tertiary/aromatic N) is 3. The Labute approximate surface area is 153 Å². The van der Waals surface area contributed by atoms with Crippen LogP contribution < -0.4 is 10.1 Å². The zero-order valence-electron chi connectivity index (χ0n) is 15.5. The summed E-state index contributed by atoms with van der Waals surface area (Å²) in [5.41, 5.74) is 0.915. The second kappa shape index (κ2) is 8.38. The Kier molecular flexibility index (Phi) is 6.47. The minimum absolute atomic E-state index is 0.0132. The largest absolute Gasteiger partial charge is 0.486 e. The third kappa shape index (κ3) is 6.08. The number of rotatable bonds is 7. The van der Waals surface area contributed by atoms with Gasteiger partial charge in [-0.3, -0.25) is 4.79 Å². The number of carbonyl (C=O) groups excluding carboxylic acids is 1. The lowest BCUT2D eigenvalue weighted by Crippen LogP contribution is -2.41. The summed E-state index contributed by atoms with van der Waals surface area (Å²) in [6, 6.07) is 7.90. The lowest BCUT2D eigenvalue weighted by atomic mass is 10.1. The quantitative estimate of drug-likeness (QED) is 0.766. The van der Waals surface area contributed by atoms with Crippen LogP contribution >= 0.6 is 11.8 Å². The molecule has 6 nitrogen and oxygen atoms in total. The molecule has 1 aromatic carbocycles. The molecule has 0 unspecified atom stereocenters. The topological polar surface area (TPSA) is 69.0 Å². The third-order valence-electron chi connectivity index (χ3n) is 3.31. The van der Waals surface area contributed by atoms with Gasteiger partial charge in [0.15, 0.2) is 11.0 Å². The van der Waals surface area contributed by atoms with Gasteiger partial charge in [0.25, 0.3) is 0 Å². The third-order valence-corrected chi connectivity index (χ3v) is 4.28. The van der Waals surface area contributed by atoms with Gasteiger partial charge in [0.2, 0.25) is 5.91 Å². The fraction of sp³-hybridized carbons (Fsp3) is 0.500. The average Bonchev–Trinajstić information content (AvgIpc) is 2.91. The van der Waals surface area contributed by atoms with Gasteiger partial charge in [-0.05, 0) is 52.3 Å². The van der Waals surface area contributed by atoms with Gasteiger partial charge in [-0.25, -0.2) is 0 Å². The molecule has 2 rings (SSSR count). The molecular formula is C18H26N4O2S. The second-order valence-corrected chi connectivity index (χ2v) is 7.78. The Bertz CT molecular complexity index is 722. The monoisotopic (exact) mass is 362 g/mol. The minimum Gasteiger partial charge on any atom is -0.486 e. The van der Waals surface area contributed by atoms with Crippen LogP contribution in [0.15, 0.2) is 29.4 Å². The van der Waals surface area contributed by atoms with Gasteiger partial charge in [-0.15, -0.1) is 10.2 Å². The molecule has 25 heavy (non-hydrogen) atoms. The number of hydrogen-bond donors (Lipinski definition) is 1. The van der Waals surface area contributed by atoms with Crippen LogP contribution in [0.4, 0.5) is 0 Å². The summed E-state index contributed by atoms with van der Waals surface area (Å²) in [6.07, 6.45) is 0. The average molecular weight is 362 g/mol. The van der Waals surface area contributed by atoms with E-state index in [2.05, 4.69) is 15.5 Å². The van der Waals surface area contributed by atoms with Gasteiger partial charge in [0, 0.05) is 12.1 Å². The molecule has 0 saturated heterocycles. The molecule has 1 heterocycles. The molecule has 0 aliphatic carbocycles. The van der Waals surface area contributed by atoms with Crippen molar-refractivity contribution in [1.82, 2.24) is 20.1 Å². The maximum atomic E-state index is 12.0. The SMILES string of the molecule is CCn1c(COc2cccc(C)c2)nnc1SCC(=O)NC(C)(C)C. The van der Waals surface area contributed by atoms with E-state index in [1.54, 1.807) is 0 Å². The summed E-state index contributed by atoms with van der Waals surface area (Å²) in [5.74, 6) is 1.86. The molecule has 1 aromatic heterocycles. The summed E-state index contributed by atoms with van der Waals surface area (Å²) in [4.78, 5) is 12.0. The summed E-state index contributed by atoms with van der Waals surface area (Å²) in [6.45, 7) is 11.0. The molecule has 0 aliphatic rings. The Hall–Kier alpha value is -2.02. The highest BCUT2D eigenvalue weighted by Crippen LogP contribution is 2.19. The van der Waals surface area contributed by atoms with Gasteiger partial charge < -0.3 is 14.6 Å². The van der Waals surface area contributed by atoms with Crippen LogP contribution in [0.3, 0.4) is 0 Å². The zero-order chi connectivity index (χ0) is 18.4. The van der Waals surface area contributed by atoms with E-state index in [1.807, 2.05) is 63.5 Å². The Morgan fingerprint density at radius 2 is 2.08 bits per heavy atom. The van der Waals surface area contributed by atoms with Crippen molar-refractivity contribution < 1.29 is 9.53 Å². The molecule has 7 heteroatoms. The predicted molar refractivity (Wildman–Crippen MR) is 99.8 cm³/mol. The first-order valence-electron chi connectivity index (χ1n) is 8.34. The standard InChI is InChI=1S/C18H26N4O2S/c1-6-22-15(11-24-14-9-7-8-13(2)10-14)20-21-17(22)25-12-16(23)19-18(3,4)5/h7-10H,6,11-12H2,1-5H3,(H,19,23). The first-order chi connectivity index (χ1) is 11.8.